The molecule has 1 saturated heterocycles. The molecule has 0 bridgehead atoms. The van der Waals surface area contributed by atoms with Crippen LogP contribution in [0.3, 0.4) is 0 Å². The van der Waals surface area contributed by atoms with E-state index in [0.29, 0.717) is 18.5 Å². The van der Waals surface area contributed by atoms with Gasteiger partial charge in [-0.2, -0.15) is 0 Å². The summed E-state index contributed by atoms with van der Waals surface area (Å²) in [5.74, 6) is -1.01. The van der Waals surface area contributed by atoms with Gasteiger partial charge in [-0.05, 0) is 57.2 Å². The normalized spacial score (nSPS) is 29.2. The molecule has 4 nitrogen and oxygen atoms in total. The van der Waals surface area contributed by atoms with E-state index in [1.807, 2.05) is 0 Å². The topological polar surface area (TPSA) is 49.8 Å². The van der Waals surface area contributed by atoms with Gasteiger partial charge in [0.05, 0.1) is 12.6 Å². The number of rotatable bonds is 2. The fraction of sp³-hybridized carbons (Fsp3) is 0.611. The van der Waals surface area contributed by atoms with Gasteiger partial charge in [-0.1, -0.05) is 0 Å². The number of hydrogen-bond acceptors (Lipinski definition) is 3. The summed E-state index contributed by atoms with van der Waals surface area (Å²) in [5, 5.41) is 9.62. The van der Waals surface area contributed by atoms with Crippen molar-refractivity contribution >= 4 is 6.09 Å². The molecule has 1 heterocycles. The molecule has 3 rings (SSSR count). The maximum absolute atomic E-state index is 13.6. The first-order valence-electron chi connectivity index (χ1n) is 8.22. The van der Waals surface area contributed by atoms with Gasteiger partial charge < -0.3 is 14.7 Å². The fourth-order valence-electron chi connectivity index (χ4n) is 3.77. The first-order valence-corrected chi connectivity index (χ1v) is 8.22. The summed E-state index contributed by atoms with van der Waals surface area (Å²) < 4.78 is 32.6. The van der Waals surface area contributed by atoms with Crippen molar-refractivity contribution in [2.45, 2.75) is 50.7 Å². The second-order valence-electron chi connectivity index (χ2n) is 7.90. The predicted molar refractivity (Wildman–Crippen MR) is 84.6 cm³/mol. The molecule has 1 aliphatic carbocycles. The summed E-state index contributed by atoms with van der Waals surface area (Å²) in [4.78, 5) is 14.0. The lowest BCUT2D eigenvalue weighted by atomic mass is 9.86. The summed E-state index contributed by atoms with van der Waals surface area (Å²) in [6, 6.07) is 3.21. The van der Waals surface area contributed by atoms with Gasteiger partial charge in [0.1, 0.15) is 17.2 Å². The molecular formula is C18H23F2NO3. The Morgan fingerprint density at radius 3 is 2.50 bits per heavy atom. The Kier molecular flexibility index (Phi) is 4.06. The van der Waals surface area contributed by atoms with Crippen molar-refractivity contribution in [2.24, 2.45) is 5.92 Å². The molecule has 1 aliphatic heterocycles. The monoisotopic (exact) mass is 339 g/mol. The van der Waals surface area contributed by atoms with E-state index in [-0.39, 0.29) is 18.6 Å². The molecular weight excluding hydrogens is 316 g/mol. The maximum atomic E-state index is 13.6. The zero-order valence-electron chi connectivity index (χ0n) is 14.2. The van der Waals surface area contributed by atoms with Crippen LogP contribution in [-0.2, 0) is 10.2 Å². The third-order valence-electron chi connectivity index (χ3n) is 4.96. The highest BCUT2D eigenvalue weighted by Gasteiger charge is 2.61. The molecule has 24 heavy (non-hydrogen) atoms. The molecule has 0 aromatic heterocycles. The van der Waals surface area contributed by atoms with E-state index >= 15 is 0 Å². The molecule has 3 atom stereocenters. The SMILES string of the molecule is CC(C)(C)OC(=O)N1C[C@@]2(c3cc(F)cc(F)c3)C[C@H]2C[C@H]1CO. The van der Waals surface area contributed by atoms with Gasteiger partial charge >= 0.3 is 6.09 Å². The lowest BCUT2D eigenvalue weighted by Gasteiger charge is -2.39. The lowest BCUT2D eigenvalue weighted by molar-refractivity contribution is -0.00200. The molecule has 6 heteroatoms. The summed E-state index contributed by atoms with van der Waals surface area (Å²) >= 11 is 0. The number of nitrogens with zero attached hydrogens (tertiary/aromatic N) is 1. The van der Waals surface area contributed by atoms with E-state index in [1.165, 1.54) is 17.0 Å². The van der Waals surface area contributed by atoms with Gasteiger partial charge in [0.2, 0.25) is 0 Å². The number of benzene rings is 1. The van der Waals surface area contributed by atoms with Crippen LogP contribution >= 0.6 is 0 Å². The smallest absolute Gasteiger partial charge is 0.410 e. The number of likely N-dealkylation sites (tertiary alicyclic amines) is 1. The largest absolute Gasteiger partial charge is 0.444 e. The van der Waals surface area contributed by atoms with E-state index < -0.39 is 28.7 Å². The van der Waals surface area contributed by atoms with Gasteiger partial charge in [0.25, 0.3) is 0 Å². The summed E-state index contributed by atoms with van der Waals surface area (Å²) in [7, 11) is 0. The van der Waals surface area contributed by atoms with Crippen molar-refractivity contribution < 1.29 is 23.4 Å². The maximum Gasteiger partial charge on any atom is 0.410 e. The molecule has 2 fully saturated rings. The predicted octanol–water partition coefficient (Wildman–Crippen LogP) is 3.22. The van der Waals surface area contributed by atoms with Gasteiger partial charge in [-0.3, -0.25) is 0 Å². The third kappa shape index (κ3) is 3.11. The van der Waals surface area contributed by atoms with Crippen molar-refractivity contribution in [2.75, 3.05) is 13.2 Å². The fourth-order valence-corrected chi connectivity index (χ4v) is 3.77. The average molecular weight is 339 g/mol. The van der Waals surface area contributed by atoms with Crippen LogP contribution in [0.4, 0.5) is 13.6 Å². The summed E-state index contributed by atoms with van der Waals surface area (Å²) in [6.07, 6.45) is 0.864. The van der Waals surface area contributed by atoms with Crippen molar-refractivity contribution in [1.29, 1.82) is 0 Å². The van der Waals surface area contributed by atoms with E-state index in [0.717, 1.165) is 12.5 Å². The van der Waals surface area contributed by atoms with Crippen molar-refractivity contribution in [1.82, 2.24) is 4.90 Å². The molecule has 1 amide bonds. The molecule has 1 aromatic carbocycles. The molecule has 1 N–H and O–H groups in total. The molecule has 0 unspecified atom stereocenters. The number of ether oxygens (including phenoxy) is 1. The minimum absolute atomic E-state index is 0.149. The van der Waals surface area contributed by atoms with E-state index in [2.05, 4.69) is 0 Å². The number of aliphatic hydroxyl groups excluding tert-OH is 1. The highest BCUT2D eigenvalue weighted by atomic mass is 19.1. The highest BCUT2D eigenvalue weighted by Crippen LogP contribution is 2.60. The van der Waals surface area contributed by atoms with Gasteiger partial charge in [-0.25, -0.2) is 13.6 Å². The number of amides is 1. The summed E-state index contributed by atoms with van der Waals surface area (Å²) in [5.41, 5.74) is -0.504. The number of aliphatic hydroxyl groups is 1. The quantitative estimate of drug-likeness (QED) is 0.900. The van der Waals surface area contributed by atoms with E-state index in [1.54, 1.807) is 20.8 Å². The van der Waals surface area contributed by atoms with E-state index in [9.17, 15) is 18.7 Å². The molecule has 0 spiro atoms. The van der Waals surface area contributed by atoms with Crippen LogP contribution < -0.4 is 0 Å². The van der Waals surface area contributed by atoms with Crippen LogP contribution in [0.5, 0.6) is 0 Å². The van der Waals surface area contributed by atoms with Crippen LogP contribution in [0.2, 0.25) is 0 Å². The van der Waals surface area contributed by atoms with Crippen LogP contribution in [0.25, 0.3) is 0 Å². The minimum Gasteiger partial charge on any atom is -0.444 e. The second kappa shape index (κ2) is 5.69. The number of hydrogen-bond donors (Lipinski definition) is 1. The number of carbonyl (C=O) groups is 1. The molecule has 132 valence electrons. The Labute approximate surface area is 140 Å². The zero-order chi connectivity index (χ0) is 17.7. The first-order chi connectivity index (χ1) is 11.1. The Morgan fingerprint density at radius 1 is 1.33 bits per heavy atom. The van der Waals surface area contributed by atoms with Crippen molar-refractivity contribution in [3.05, 3.63) is 35.4 Å². The molecule has 2 aliphatic rings. The number of fused-ring (bicyclic) bond motifs is 1. The van der Waals surface area contributed by atoms with Crippen LogP contribution in [-0.4, -0.2) is 40.9 Å². The minimum atomic E-state index is -0.643. The van der Waals surface area contributed by atoms with Crippen LogP contribution in [0.15, 0.2) is 18.2 Å². The molecule has 0 radical (unpaired) electrons. The zero-order valence-corrected chi connectivity index (χ0v) is 14.2. The van der Waals surface area contributed by atoms with E-state index in [4.69, 9.17) is 4.74 Å². The second-order valence-corrected chi connectivity index (χ2v) is 7.90. The van der Waals surface area contributed by atoms with Crippen molar-refractivity contribution in [3.63, 3.8) is 0 Å². The standard InChI is InChI=1S/C18H23F2NO3/c1-17(2,3)24-16(23)21-10-18(8-12(18)6-15(21)9-22)11-4-13(19)7-14(20)5-11/h4-5,7,12,15,22H,6,8-10H2,1-3H3/t12-,15+,18-/m1/s1. The van der Waals surface area contributed by atoms with Crippen molar-refractivity contribution in [3.8, 4) is 0 Å². The molecule has 1 saturated carbocycles. The Bertz CT molecular complexity index is 638. The lowest BCUT2D eigenvalue weighted by Crippen LogP contribution is -2.52. The number of halogens is 2. The van der Waals surface area contributed by atoms with Gasteiger partial charge in [0.15, 0.2) is 0 Å². The Hall–Kier alpha value is -1.69. The van der Waals surface area contributed by atoms with Crippen LogP contribution in [0.1, 0.15) is 39.2 Å². The van der Waals surface area contributed by atoms with Crippen LogP contribution in [0, 0.1) is 17.6 Å². The number of piperidine rings is 1. The average Bonchev–Trinajstić information content (AvgIpc) is 3.17. The highest BCUT2D eigenvalue weighted by molar-refractivity contribution is 5.69. The van der Waals surface area contributed by atoms with Gasteiger partial charge in [0, 0.05) is 18.0 Å². The Balaban J connectivity index is 1.87. The molecule has 1 aromatic rings. The third-order valence-corrected chi connectivity index (χ3v) is 4.96. The first kappa shape index (κ1) is 17.1. The Morgan fingerprint density at radius 2 is 1.96 bits per heavy atom. The number of carbonyl (C=O) groups excluding carboxylic acids is 1. The van der Waals surface area contributed by atoms with Gasteiger partial charge in [-0.15, -0.1) is 0 Å². The summed E-state index contributed by atoms with van der Waals surface area (Å²) in [6.45, 7) is 5.49.